The number of aliphatic hydroxyl groups is 1. The molecular formula is C100H110BCl6F9N12NaO9. The van der Waals surface area contributed by atoms with Crippen LogP contribution in [0.4, 0.5) is 39.5 Å². The summed E-state index contributed by atoms with van der Waals surface area (Å²) in [5.74, 6) is -1.83. The first-order valence-electron chi connectivity index (χ1n) is 44.9. The van der Waals surface area contributed by atoms with Gasteiger partial charge in [0.15, 0.2) is 0 Å². The summed E-state index contributed by atoms with van der Waals surface area (Å²) in [6.45, 7) is 24.4. The van der Waals surface area contributed by atoms with Crippen molar-refractivity contribution in [2.24, 2.45) is 5.73 Å². The van der Waals surface area contributed by atoms with Gasteiger partial charge in [0.05, 0.1) is 26.4 Å². The molecule has 5 N–H and O–H groups in total. The number of carbonyl (C=O) groups excluding carboxylic acids is 3. The number of esters is 2. The Bertz CT molecular complexity index is 5850. The maximum absolute atomic E-state index is 12.7. The van der Waals surface area contributed by atoms with Crippen LogP contribution in [0.15, 0.2) is 201 Å². The molecule has 3 aromatic heterocycles. The molecule has 21 nitrogen and oxygen atoms in total. The number of fused-ring (bicyclic) bond motifs is 3. The molecule has 12 aromatic rings. The summed E-state index contributed by atoms with van der Waals surface area (Å²) in [6, 6.07) is 54.2. The first kappa shape index (κ1) is 111. The number of hydrogen-bond acceptors (Lipinski definition) is 18. The van der Waals surface area contributed by atoms with E-state index in [0.29, 0.717) is 69.5 Å². The summed E-state index contributed by atoms with van der Waals surface area (Å²) < 4.78 is 142. The minimum Gasteiger partial charge on any atom is -1.00 e. The summed E-state index contributed by atoms with van der Waals surface area (Å²) in [5, 5.41) is 22.6. The number of rotatable bonds is 36. The third kappa shape index (κ3) is 33.5. The zero-order valence-electron chi connectivity index (χ0n) is 77.8. The van der Waals surface area contributed by atoms with Gasteiger partial charge in [-0.05, 0) is 195 Å². The zero-order valence-corrected chi connectivity index (χ0v) is 83.4. The predicted molar refractivity (Wildman–Crippen MR) is 525 cm³/mol. The van der Waals surface area contributed by atoms with Crippen molar-refractivity contribution in [3.63, 3.8) is 0 Å². The predicted octanol–water partition coefficient (Wildman–Crippen LogP) is 17.8. The van der Waals surface area contributed by atoms with Crippen LogP contribution in [-0.4, -0.2) is 225 Å². The van der Waals surface area contributed by atoms with Gasteiger partial charge in [-0.1, -0.05) is 142 Å². The van der Waals surface area contributed by atoms with Crippen LogP contribution in [0.25, 0.3) is 66.1 Å². The number of carbonyl (C=O) groups is 3. The number of nitrogens with zero attached hydrogens (tertiary/aromatic N) is 9. The summed E-state index contributed by atoms with van der Waals surface area (Å²) in [7, 11) is 0. The van der Waals surface area contributed by atoms with E-state index in [2.05, 4.69) is 140 Å². The number of aliphatic hydroxyl groups excluding tert-OH is 1. The zero-order chi connectivity index (χ0) is 97.1. The van der Waals surface area contributed by atoms with Gasteiger partial charge in [0.25, 0.3) is 0 Å². The van der Waals surface area contributed by atoms with Crippen molar-refractivity contribution in [2.75, 3.05) is 131 Å². The maximum Gasteiger partial charge on any atom is 1.00 e. The number of aryl methyl sites for hydroxylation is 3. The van der Waals surface area contributed by atoms with Gasteiger partial charge >= 0.3 is 60.6 Å². The fourth-order valence-corrected chi connectivity index (χ4v) is 18.2. The molecule has 0 bridgehead atoms. The van der Waals surface area contributed by atoms with Crippen molar-refractivity contribution < 1.29 is 114 Å². The quantitative estimate of drug-likeness (QED) is 0.00720. The molecule has 0 amide bonds. The molecule has 0 saturated carbocycles. The van der Waals surface area contributed by atoms with E-state index in [1.54, 1.807) is 50.2 Å². The molecule has 3 saturated heterocycles. The number of nitrogens with two attached hydrogens (primary N) is 1. The van der Waals surface area contributed by atoms with Crippen LogP contribution in [0.1, 0.15) is 67.9 Å². The third-order valence-electron chi connectivity index (χ3n) is 23.3. The Morgan fingerprint density at radius 2 is 0.688 bits per heavy atom. The average Bonchev–Trinajstić information content (AvgIpc) is 1.64. The number of nitrogens with one attached hydrogen (secondary N) is 2. The molecule has 9 aromatic carbocycles. The maximum atomic E-state index is 12.7. The van der Waals surface area contributed by atoms with Crippen LogP contribution in [0, 0.1) is 0 Å². The van der Waals surface area contributed by atoms with Gasteiger partial charge in [0.2, 0.25) is 6.29 Å². The molecule has 733 valence electrons. The molecule has 0 atom stereocenters. The molecule has 138 heavy (non-hydrogen) atoms. The molecule has 3 aliphatic heterocycles. The first-order valence-corrected chi connectivity index (χ1v) is 47.1. The molecule has 6 heterocycles. The molecule has 0 spiro atoms. The van der Waals surface area contributed by atoms with Gasteiger partial charge in [-0.25, -0.2) is 4.79 Å². The van der Waals surface area contributed by atoms with E-state index in [1.807, 2.05) is 60.8 Å². The largest absolute Gasteiger partial charge is 1.00 e. The van der Waals surface area contributed by atoms with E-state index < -0.39 is 25.1 Å². The second-order valence-corrected chi connectivity index (χ2v) is 35.4. The van der Waals surface area contributed by atoms with E-state index in [-0.39, 0.29) is 88.7 Å². The Morgan fingerprint density at radius 1 is 0.406 bits per heavy atom. The molecule has 3 fully saturated rings. The van der Waals surface area contributed by atoms with E-state index in [9.17, 15) is 53.9 Å². The number of halogens is 15. The van der Waals surface area contributed by atoms with Gasteiger partial charge in [0, 0.05) is 267 Å². The molecule has 0 unspecified atom stereocenters. The van der Waals surface area contributed by atoms with Crippen LogP contribution in [-0.2, 0) is 82.8 Å². The van der Waals surface area contributed by atoms with Crippen LogP contribution in [0.5, 0.6) is 17.2 Å². The third-order valence-corrected chi connectivity index (χ3v) is 25.5. The number of aromatic nitrogens is 3. The van der Waals surface area contributed by atoms with E-state index in [1.165, 1.54) is 47.5 Å². The minimum atomic E-state index is -4.75. The van der Waals surface area contributed by atoms with Crippen molar-refractivity contribution >= 4 is 129 Å². The molecule has 3 aliphatic rings. The minimum absolute atomic E-state index is 0. The first-order chi connectivity index (χ1) is 65.3. The van der Waals surface area contributed by atoms with Gasteiger partial charge in [-0.2, -0.15) is 0 Å². The number of alkyl halides is 9. The van der Waals surface area contributed by atoms with Crippen LogP contribution in [0.3, 0.4) is 0 Å². The molecule has 0 aliphatic carbocycles. The second-order valence-electron chi connectivity index (χ2n) is 32.9. The normalized spacial score (nSPS) is 14.3. The molecule has 38 heteroatoms. The molecule has 3 radical (unpaired) electrons. The fraction of sp³-hybridized carbons (Fsp3) is 0.370. The second kappa shape index (κ2) is 54.0. The Labute approximate surface area is 852 Å². The van der Waals surface area contributed by atoms with E-state index in [4.69, 9.17) is 85.2 Å². The van der Waals surface area contributed by atoms with Crippen LogP contribution in [0.2, 0.25) is 30.1 Å². The van der Waals surface area contributed by atoms with Gasteiger partial charge < -0.3 is 60.3 Å². The van der Waals surface area contributed by atoms with Crippen molar-refractivity contribution in [2.45, 2.75) is 111 Å². The Morgan fingerprint density at radius 3 is 0.949 bits per heavy atom. The van der Waals surface area contributed by atoms with Crippen LogP contribution < -0.4 is 60.1 Å². The van der Waals surface area contributed by atoms with Gasteiger partial charge in [-0.15, -0.1) is 39.5 Å². The topological polar surface area (TPSA) is 202 Å². The fourth-order valence-electron chi connectivity index (χ4n) is 16.7. The summed E-state index contributed by atoms with van der Waals surface area (Å²) in [4.78, 5) is 45.2. The number of aldehydes is 1. The van der Waals surface area contributed by atoms with Gasteiger partial charge in [0.1, 0.15) is 17.2 Å². The average molecular weight is 2040 g/mol. The van der Waals surface area contributed by atoms with E-state index >= 15 is 0 Å². The Kier molecular flexibility index (Phi) is 43.6. The van der Waals surface area contributed by atoms with E-state index in [0.717, 1.165) is 239 Å². The number of ether oxygens (including phenoxy) is 5. The van der Waals surface area contributed by atoms with Crippen molar-refractivity contribution in [1.82, 2.24) is 53.7 Å². The van der Waals surface area contributed by atoms with Crippen molar-refractivity contribution in [3.05, 3.63) is 264 Å². The Balaban J connectivity index is 0.000000223. The summed E-state index contributed by atoms with van der Waals surface area (Å²) in [6.07, 6.45) is -5.43. The smallest absolute Gasteiger partial charge is 1.00 e. The molecule has 15 rings (SSSR count). The monoisotopic (exact) mass is 2040 g/mol. The summed E-state index contributed by atoms with van der Waals surface area (Å²) in [5.41, 5.74) is 20.6. The van der Waals surface area contributed by atoms with Gasteiger partial charge in [-0.3, -0.25) is 39.0 Å². The number of piperazine rings is 3. The molecular weight excluding hydrogens is 1930 g/mol. The van der Waals surface area contributed by atoms with Crippen LogP contribution >= 0.6 is 69.6 Å². The SMILES string of the molecule is CCOC(=O)C=O.CCOC(=O)CNCCCn1cc(-c2ccc(OC(F)(F)F)cc2)c2cc(CN3CCN(Cc4c(Cl)cccc4Cl)CC3)ccc21.NCCCn1cc(-c2ccc(OC(F)(F)F)cc2)c2cc(CN3CCN(Cc4c(Cl)cccc4Cl)CC3)ccc21.OCCNCCCn1cc(-c2ccc(OC(F)(F)F)cc2)c2cc(CN3CCN(Cc4c(Cl)cccc4Cl)CC3)ccc21.[B].[H-].[Na+]. The number of hydrogen-bond donors (Lipinski definition) is 4. The summed E-state index contributed by atoms with van der Waals surface area (Å²) >= 11 is 38.3. The number of benzene rings is 9. The standard InChI is InChI=1S/C34H37Cl2F3N4O3.C32H35Cl2F3N4O2.C30H31Cl2F3N4O.C4H6O3.B.Na.H/c1-2-45-33(44)20-40-13-4-14-43-23-28(25-8-10-26(11-9-25)46-34(37,38)39)27-19-24(7-12-32(27)43)21-41-15-17-42(18-16-41)22-29-30(35)5-3-6-31(29)36;33-29-3-1-4-30(34)28(29)21-40-16-14-39(15-17-40)20-23-5-10-31-26(19-23)27(22-41(31)13-2-11-38-12-18-42)24-6-8-25(9-7-24)43-32(35,36)37;31-27-3-1-4-28(32)26(27)19-38-15-13-37(14-16-38)18-21-5-10-29-24(17-21)25(20-39(29)12-2-11-36)22-6-8-23(9-7-22)40-30(33,34)35;1-2-7-4(6)3-5;;;/h3,5-12,19,23,40H,2,4,13-18,20-22H2,1H3;1,3-10,19,22,38,42H,2,11-18,20-21H2;1,3-10,17,20H,2,11-16,18-19,36H2;3H,2H2,1H3;;;/q;;;;;+1;-1. The van der Waals surface area contributed by atoms with Crippen molar-refractivity contribution in [1.29, 1.82) is 0 Å². The Hall–Kier alpha value is -8.62. The van der Waals surface area contributed by atoms with Crippen molar-refractivity contribution in [3.8, 4) is 50.6 Å².